The van der Waals surface area contributed by atoms with Gasteiger partial charge in [0.25, 0.3) is 0 Å². The fourth-order valence-electron chi connectivity index (χ4n) is 2.40. The fourth-order valence-corrected chi connectivity index (χ4v) is 3.31. The summed E-state index contributed by atoms with van der Waals surface area (Å²) in [6.45, 7) is 2.61. The van der Waals surface area contributed by atoms with Crippen molar-refractivity contribution in [3.05, 3.63) is 59.2 Å². The largest absolute Gasteiger partial charge is 0.392 e. The first-order valence-corrected chi connectivity index (χ1v) is 7.88. The lowest BCUT2D eigenvalue weighted by Crippen LogP contribution is -2.34. The Morgan fingerprint density at radius 3 is 2.57 bits per heavy atom. The van der Waals surface area contributed by atoms with E-state index in [9.17, 15) is 9.90 Å². The molecule has 4 heteroatoms. The third kappa shape index (κ3) is 2.96. The van der Waals surface area contributed by atoms with Gasteiger partial charge in [0, 0.05) is 4.90 Å². The number of fused-ring (bicyclic) bond motifs is 1. The number of aliphatic hydroxyl groups excluding tert-OH is 1. The third-order valence-corrected chi connectivity index (χ3v) is 4.66. The maximum absolute atomic E-state index is 12.3. The van der Waals surface area contributed by atoms with Gasteiger partial charge in [0.15, 0.2) is 0 Å². The van der Waals surface area contributed by atoms with Gasteiger partial charge in [0.05, 0.1) is 24.6 Å². The number of aryl methyl sites for hydroxylation is 1. The van der Waals surface area contributed by atoms with E-state index in [4.69, 9.17) is 0 Å². The Hall–Kier alpha value is -1.78. The second-order valence-electron chi connectivity index (χ2n) is 5.21. The molecule has 2 aromatic rings. The molecule has 108 valence electrons. The van der Waals surface area contributed by atoms with E-state index in [0.29, 0.717) is 12.3 Å². The smallest absolute Gasteiger partial charge is 0.237 e. The Kier molecular flexibility index (Phi) is 3.99. The van der Waals surface area contributed by atoms with E-state index in [-0.39, 0.29) is 12.5 Å². The number of carbonyl (C=O) groups is 1. The highest BCUT2D eigenvalue weighted by Gasteiger charge is 2.25. The van der Waals surface area contributed by atoms with Gasteiger partial charge in [0.2, 0.25) is 5.91 Å². The minimum atomic E-state index is -0.00942. The summed E-state index contributed by atoms with van der Waals surface area (Å²) in [4.78, 5) is 15.2. The Morgan fingerprint density at radius 1 is 1.14 bits per heavy atom. The van der Waals surface area contributed by atoms with Crippen LogP contribution in [0.1, 0.15) is 16.7 Å². The number of aliphatic hydroxyl groups is 1. The first-order valence-electron chi connectivity index (χ1n) is 6.90. The average molecular weight is 299 g/mol. The zero-order valence-corrected chi connectivity index (χ0v) is 12.7. The quantitative estimate of drug-likeness (QED) is 0.946. The van der Waals surface area contributed by atoms with Crippen LogP contribution >= 0.6 is 11.8 Å². The van der Waals surface area contributed by atoms with Gasteiger partial charge in [-0.15, -0.1) is 11.8 Å². The second kappa shape index (κ2) is 5.92. The summed E-state index contributed by atoms with van der Waals surface area (Å²) in [7, 11) is 0. The van der Waals surface area contributed by atoms with Crippen LogP contribution in [0.2, 0.25) is 0 Å². The molecule has 0 bridgehead atoms. The van der Waals surface area contributed by atoms with Crippen molar-refractivity contribution in [3.8, 4) is 0 Å². The number of thioether (sulfide) groups is 1. The van der Waals surface area contributed by atoms with Crippen molar-refractivity contribution in [2.75, 3.05) is 10.7 Å². The van der Waals surface area contributed by atoms with Crippen molar-refractivity contribution in [2.45, 2.75) is 25.0 Å². The van der Waals surface area contributed by atoms with Crippen molar-refractivity contribution in [1.29, 1.82) is 0 Å². The summed E-state index contributed by atoms with van der Waals surface area (Å²) in [5, 5.41) is 9.30. The van der Waals surface area contributed by atoms with Gasteiger partial charge < -0.3 is 10.0 Å². The number of anilines is 1. The second-order valence-corrected chi connectivity index (χ2v) is 6.23. The van der Waals surface area contributed by atoms with Gasteiger partial charge >= 0.3 is 0 Å². The molecule has 1 aliphatic heterocycles. The minimum absolute atomic E-state index is 0.00942. The molecular weight excluding hydrogens is 282 g/mol. The lowest BCUT2D eigenvalue weighted by atomic mass is 10.1. The first kappa shape index (κ1) is 14.2. The molecule has 0 unspecified atom stereocenters. The van der Waals surface area contributed by atoms with Crippen LogP contribution in [0.3, 0.4) is 0 Å². The molecule has 0 saturated heterocycles. The molecule has 0 saturated carbocycles. The van der Waals surface area contributed by atoms with E-state index in [1.54, 1.807) is 11.8 Å². The predicted molar refractivity (Wildman–Crippen MR) is 85.5 cm³/mol. The zero-order chi connectivity index (χ0) is 14.8. The standard InChI is InChI=1S/C17H17NO2S/c1-12-2-4-13(5-3-12)9-18-15-8-14(10-19)6-7-16(15)21-11-17(18)20/h2-8,19H,9-11H2,1H3. The van der Waals surface area contributed by atoms with Gasteiger partial charge in [-0.2, -0.15) is 0 Å². The molecule has 2 aromatic carbocycles. The lowest BCUT2D eigenvalue weighted by molar-refractivity contribution is -0.116. The highest BCUT2D eigenvalue weighted by atomic mass is 32.2. The molecule has 21 heavy (non-hydrogen) atoms. The number of hydrogen-bond donors (Lipinski definition) is 1. The number of hydrogen-bond acceptors (Lipinski definition) is 3. The van der Waals surface area contributed by atoms with Crippen molar-refractivity contribution >= 4 is 23.4 Å². The third-order valence-electron chi connectivity index (χ3n) is 3.61. The van der Waals surface area contributed by atoms with Crippen LogP contribution in [0.4, 0.5) is 5.69 Å². The average Bonchev–Trinajstić information content (AvgIpc) is 2.51. The van der Waals surface area contributed by atoms with Crippen molar-refractivity contribution in [1.82, 2.24) is 0 Å². The molecule has 1 heterocycles. The number of nitrogens with zero attached hydrogens (tertiary/aromatic N) is 1. The number of rotatable bonds is 3. The first-order chi connectivity index (χ1) is 10.2. The van der Waals surface area contributed by atoms with E-state index in [1.165, 1.54) is 5.56 Å². The summed E-state index contributed by atoms with van der Waals surface area (Å²) >= 11 is 1.56. The summed E-state index contributed by atoms with van der Waals surface area (Å²) in [5.41, 5.74) is 4.06. The molecule has 3 rings (SSSR count). The molecular formula is C17H17NO2S. The molecule has 0 atom stereocenters. The van der Waals surface area contributed by atoms with Crippen LogP contribution in [0.15, 0.2) is 47.4 Å². The van der Waals surface area contributed by atoms with E-state index in [1.807, 2.05) is 23.1 Å². The van der Waals surface area contributed by atoms with Crippen molar-refractivity contribution in [3.63, 3.8) is 0 Å². The summed E-state index contributed by atoms with van der Waals surface area (Å²) in [6.07, 6.45) is 0. The normalized spacial score (nSPS) is 14.2. The molecule has 3 nitrogen and oxygen atoms in total. The van der Waals surface area contributed by atoms with Gasteiger partial charge in [-0.05, 0) is 30.2 Å². The highest BCUT2D eigenvalue weighted by Crippen LogP contribution is 2.36. The van der Waals surface area contributed by atoms with E-state index >= 15 is 0 Å². The molecule has 0 spiro atoms. The number of amides is 1. The zero-order valence-electron chi connectivity index (χ0n) is 11.9. The molecule has 0 radical (unpaired) electrons. The Bertz CT molecular complexity index is 667. The SMILES string of the molecule is Cc1ccc(CN2C(=O)CSc3ccc(CO)cc32)cc1. The molecule has 0 aliphatic carbocycles. The van der Waals surface area contributed by atoms with Gasteiger partial charge in [-0.3, -0.25) is 4.79 Å². The topological polar surface area (TPSA) is 40.5 Å². The Morgan fingerprint density at radius 2 is 1.86 bits per heavy atom. The summed E-state index contributed by atoms with van der Waals surface area (Å²) < 4.78 is 0. The minimum Gasteiger partial charge on any atom is -0.392 e. The van der Waals surface area contributed by atoms with Crippen LogP contribution in [0.5, 0.6) is 0 Å². The Balaban J connectivity index is 1.94. The van der Waals surface area contributed by atoms with Gasteiger partial charge in [-0.1, -0.05) is 35.9 Å². The van der Waals surface area contributed by atoms with Crippen LogP contribution in [-0.4, -0.2) is 16.8 Å². The van der Waals surface area contributed by atoms with Crippen LogP contribution in [-0.2, 0) is 17.9 Å². The van der Waals surface area contributed by atoms with E-state index in [2.05, 4.69) is 31.2 Å². The number of benzene rings is 2. The predicted octanol–water partition coefficient (Wildman–Crippen LogP) is 3.13. The monoisotopic (exact) mass is 299 g/mol. The molecule has 1 N–H and O–H groups in total. The molecule has 0 aromatic heterocycles. The van der Waals surface area contributed by atoms with Gasteiger partial charge in [0.1, 0.15) is 0 Å². The number of carbonyl (C=O) groups excluding carboxylic acids is 1. The molecule has 1 aliphatic rings. The van der Waals surface area contributed by atoms with Crippen molar-refractivity contribution in [2.24, 2.45) is 0 Å². The Labute approximate surface area is 128 Å². The maximum Gasteiger partial charge on any atom is 0.237 e. The van der Waals surface area contributed by atoms with E-state index < -0.39 is 0 Å². The van der Waals surface area contributed by atoms with Crippen LogP contribution in [0, 0.1) is 6.92 Å². The van der Waals surface area contributed by atoms with Gasteiger partial charge in [-0.25, -0.2) is 0 Å². The summed E-state index contributed by atoms with van der Waals surface area (Å²) in [6, 6.07) is 14.0. The van der Waals surface area contributed by atoms with Crippen molar-refractivity contribution < 1.29 is 9.90 Å². The van der Waals surface area contributed by atoms with E-state index in [0.717, 1.165) is 21.7 Å². The summed E-state index contributed by atoms with van der Waals surface area (Å²) in [5.74, 6) is 0.584. The molecule has 1 amide bonds. The highest BCUT2D eigenvalue weighted by molar-refractivity contribution is 8.00. The van der Waals surface area contributed by atoms with Crippen LogP contribution < -0.4 is 4.90 Å². The lowest BCUT2D eigenvalue weighted by Gasteiger charge is -2.29. The van der Waals surface area contributed by atoms with Crippen LogP contribution in [0.25, 0.3) is 0 Å². The molecule has 0 fully saturated rings. The fraction of sp³-hybridized carbons (Fsp3) is 0.235. The maximum atomic E-state index is 12.3.